The van der Waals surface area contributed by atoms with Crippen molar-refractivity contribution >= 4 is 23.5 Å². The lowest BCUT2D eigenvalue weighted by Crippen LogP contribution is -2.19. The number of nitrogens with one attached hydrogen (secondary N) is 1. The summed E-state index contributed by atoms with van der Waals surface area (Å²) in [5.74, 6) is -2.76. The monoisotopic (exact) mass is 405 g/mol. The summed E-state index contributed by atoms with van der Waals surface area (Å²) in [5.41, 5.74) is 0.803. The topological polar surface area (TPSA) is 113 Å². The van der Waals surface area contributed by atoms with Crippen molar-refractivity contribution < 1.29 is 29.3 Å². The molecular weight excluding hydrogens is 386 g/mol. The summed E-state index contributed by atoms with van der Waals surface area (Å²) < 4.78 is 5.14. The predicted octanol–water partition coefficient (Wildman–Crippen LogP) is 4.32. The number of amides is 1. The van der Waals surface area contributed by atoms with Gasteiger partial charge < -0.3 is 20.3 Å². The quantitative estimate of drug-likeness (QED) is 0.563. The maximum atomic E-state index is 12.6. The average Bonchev–Trinajstić information content (AvgIpc) is 2.74. The van der Waals surface area contributed by atoms with Crippen LogP contribution in [-0.4, -0.2) is 35.2 Å². The van der Waals surface area contributed by atoms with Gasteiger partial charge in [0.05, 0.1) is 23.9 Å². The van der Waals surface area contributed by atoms with E-state index in [0.717, 1.165) is 0 Å². The molecule has 3 N–H and O–H groups in total. The minimum Gasteiger partial charge on any atom is -0.497 e. The standard InChI is InChI=1S/C23H19NO6/c1-13-17(14-8-10-16(30-2)11-9-14)12-18(20(23(28)29)19(13)22(26)27)24-21(25)15-6-4-3-5-7-15/h3-12H,1-2H3,(H,24,25)(H,26,27)(H,28,29). The van der Waals surface area contributed by atoms with Gasteiger partial charge in [-0.15, -0.1) is 0 Å². The molecule has 0 radical (unpaired) electrons. The van der Waals surface area contributed by atoms with Gasteiger partial charge in [0.15, 0.2) is 0 Å². The molecule has 0 saturated heterocycles. The third-order valence-corrected chi connectivity index (χ3v) is 4.70. The minimum atomic E-state index is -1.44. The van der Waals surface area contributed by atoms with E-state index in [1.807, 2.05) is 0 Å². The summed E-state index contributed by atoms with van der Waals surface area (Å²) in [6.45, 7) is 1.54. The van der Waals surface area contributed by atoms with Crippen LogP contribution in [0, 0.1) is 6.92 Å². The second-order valence-electron chi connectivity index (χ2n) is 6.51. The lowest BCUT2D eigenvalue weighted by molar-refractivity contribution is 0.0651. The van der Waals surface area contributed by atoms with Crippen LogP contribution < -0.4 is 10.1 Å². The van der Waals surface area contributed by atoms with Gasteiger partial charge in [-0.25, -0.2) is 9.59 Å². The highest BCUT2D eigenvalue weighted by Gasteiger charge is 2.26. The fourth-order valence-corrected chi connectivity index (χ4v) is 3.22. The highest BCUT2D eigenvalue weighted by atomic mass is 16.5. The highest BCUT2D eigenvalue weighted by Crippen LogP contribution is 2.34. The second kappa shape index (κ2) is 8.48. The molecule has 0 atom stereocenters. The Kier molecular flexibility index (Phi) is 5.83. The van der Waals surface area contributed by atoms with Gasteiger partial charge in [-0.3, -0.25) is 4.79 Å². The number of methoxy groups -OCH3 is 1. The van der Waals surface area contributed by atoms with E-state index in [0.29, 0.717) is 22.4 Å². The maximum Gasteiger partial charge on any atom is 0.338 e. The Morgan fingerprint density at radius 1 is 0.867 bits per heavy atom. The Balaban J connectivity index is 2.20. The van der Waals surface area contributed by atoms with Gasteiger partial charge in [-0.1, -0.05) is 30.3 Å². The molecule has 0 saturated carbocycles. The van der Waals surface area contributed by atoms with Gasteiger partial charge in [-0.05, 0) is 53.9 Å². The first kappa shape index (κ1) is 20.6. The van der Waals surface area contributed by atoms with Crippen LogP contribution in [0.5, 0.6) is 5.75 Å². The average molecular weight is 405 g/mol. The van der Waals surface area contributed by atoms with E-state index in [-0.39, 0.29) is 16.8 Å². The molecule has 0 aliphatic carbocycles. The zero-order chi connectivity index (χ0) is 21.8. The van der Waals surface area contributed by atoms with Crippen LogP contribution in [0.1, 0.15) is 36.6 Å². The Labute approximate surface area is 172 Å². The Hall–Kier alpha value is -4.13. The fourth-order valence-electron chi connectivity index (χ4n) is 3.22. The largest absolute Gasteiger partial charge is 0.497 e. The first-order valence-electron chi connectivity index (χ1n) is 8.98. The fraction of sp³-hybridized carbons (Fsp3) is 0.0870. The molecular formula is C23H19NO6. The van der Waals surface area contributed by atoms with Gasteiger partial charge in [0.1, 0.15) is 5.75 Å². The van der Waals surface area contributed by atoms with Crippen molar-refractivity contribution in [1.82, 2.24) is 0 Å². The first-order chi connectivity index (χ1) is 14.3. The number of rotatable bonds is 6. The summed E-state index contributed by atoms with van der Waals surface area (Å²) in [7, 11) is 1.53. The Morgan fingerprint density at radius 2 is 1.47 bits per heavy atom. The van der Waals surface area contributed by atoms with Gasteiger partial charge in [0.25, 0.3) is 5.91 Å². The molecule has 3 aromatic carbocycles. The Bertz CT molecular complexity index is 1120. The van der Waals surface area contributed by atoms with E-state index in [4.69, 9.17) is 4.74 Å². The molecule has 152 valence electrons. The van der Waals surface area contributed by atoms with Crippen LogP contribution in [-0.2, 0) is 0 Å². The Morgan fingerprint density at radius 3 is 2.00 bits per heavy atom. The van der Waals surface area contributed by atoms with E-state index in [2.05, 4.69) is 5.32 Å². The number of benzene rings is 3. The van der Waals surface area contributed by atoms with E-state index >= 15 is 0 Å². The number of carboxylic acid groups (broad SMARTS) is 2. The van der Waals surface area contributed by atoms with Crippen LogP contribution in [0.4, 0.5) is 5.69 Å². The van der Waals surface area contributed by atoms with Crippen LogP contribution in [0.3, 0.4) is 0 Å². The summed E-state index contributed by atoms with van der Waals surface area (Å²) >= 11 is 0. The number of carbonyl (C=O) groups excluding carboxylic acids is 1. The van der Waals surface area contributed by atoms with Crippen LogP contribution >= 0.6 is 0 Å². The van der Waals surface area contributed by atoms with E-state index in [1.165, 1.54) is 20.1 Å². The summed E-state index contributed by atoms with van der Waals surface area (Å²) in [4.78, 5) is 36.5. The number of carboxylic acids is 2. The van der Waals surface area contributed by atoms with Gasteiger partial charge in [-0.2, -0.15) is 0 Å². The molecule has 0 heterocycles. The van der Waals surface area contributed by atoms with E-state index in [1.54, 1.807) is 54.6 Å². The summed E-state index contributed by atoms with van der Waals surface area (Å²) in [6, 6.07) is 16.6. The smallest absolute Gasteiger partial charge is 0.338 e. The number of ether oxygens (including phenoxy) is 1. The van der Waals surface area contributed by atoms with Crippen molar-refractivity contribution in [3.05, 3.63) is 82.9 Å². The SMILES string of the molecule is COc1ccc(-c2cc(NC(=O)c3ccccc3)c(C(=O)O)c(C(=O)O)c2C)cc1. The van der Waals surface area contributed by atoms with Gasteiger partial charge >= 0.3 is 11.9 Å². The molecule has 0 spiro atoms. The molecule has 0 bridgehead atoms. The minimum absolute atomic E-state index is 0.0924. The molecule has 0 aliphatic rings. The van der Waals surface area contributed by atoms with Crippen molar-refractivity contribution in [2.45, 2.75) is 6.92 Å². The molecule has 7 heteroatoms. The van der Waals surface area contributed by atoms with Crippen molar-refractivity contribution in [2.24, 2.45) is 0 Å². The molecule has 7 nitrogen and oxygen atoms in total. The molecule has 0 unspecified atom stereocenters. The number of hydrogen-bond donors (Lipinski definition) is 3. The van der Waals surface area contributed by atoms with Crippen molar-refractivity contribution in [2.75, 3.05) is 12.4 Å². The van der Waals surface area contributed by atoms with E-state index in [9.17, 15) is 24.6 Å². The van der Waals surface area contributed by atoms with Crippen LogP contribution in [0.15, 0.2) is 60.7 Å². The molecule has 0 aromatic heterocycles. The number of hydrogen-bond acceptors (Lipinski definition) is 4. The van der Waals surface area contributed by atoms with Gasteiger partial charge in [0, 0.05) is 5.56 Å². The third kappa shape index (κ3) is 4.00. The van der Waals surface area contributed by atoms with Crippen LogP contribution in [0.25, 0.3) is 11.1 Å². The molecule has 0 aliphatic heterocycles. The molecule has 3 rings (SSSR count). The normalized spacial score (nSPS) is 10.3. The van der Waals surface area contributed by atoms with Crippen molar-refractivity contribution in [3.8, 4) is 16.9 Å². The zero-order valence-electron chi connectivity index (χ0n) is 16.3. The lowest BCUT2D eigenvalue weighted by Gasteiger charge is -2.17. The van der Waals surface area contributed by atoms with Crippen LogP contribution in [0.2, 0.25) is 0 Å². The predicted molar refractivity (Wildman–Crippen MR) is 111 cm³/mol. The second-order valence-corrected chi connectivity index (χ2v) is 6.51. The molecule has 3 aromatic rings. The maximum absolute atomic E-state index is 12.6. The number of anilines is 1. The van der Waals surface area contributed by atoms with E-state index < -0.39 is 23.4 Å². The highest BCUT2D eigenvalue weighted by molar-refractivity contribution is 6.13. The number of carbonyl (C=O) groups is 3. The first-order valence-corrected chi connectivity index (χ1v) is 8.98. The van der Waals surface area contributed by atoms with Gasteiger partial charge in [0.2, 0.25) is 0 Å². The lowest BCUT2D eigenvalue weighted by atomic mass is 9.91. The van der Waals surface area contributed by atoms with Crippen molar-refractivity contribution in [3.63, 3.8) is 0 Å². The molecule has 1 amide bonds. The molecule has 0 fully saturated rings. The summed E-state index contributed by atoms with van der Waals surface area (Å²) in [5, 5.41) is 22.0. The third-order valence-electron chi connectivity index (χ3n) is 4.70. The zero-order valence-corrected chi connectivity index (χ0v) is 16.3. The van der Waals surface area contributed by atoms with Crippen molar-refractivity contribution in [1.29, 1.82) is 0 Å². The molecule has 30 heavy (non-hydrogen) atoms. The number of aromatic carboxylic acids is 2. The summed E-state index contributed by atoms with van der Waals surface area (Å²) in [6.07, 6.45) is 0.